The maximum absolute atomic E-state index is 12.9. The molecule has 0 aliphatic rings. The van der Waals surface area contributed by atoms with Crippen LogP contribution < -0.4 is 0 Å². The lowest BCUT2D eigenvalue weighted by Crippen LogP contribution is -2.03. The Morgan fingerprint density at radius 3 is 2.83 bits per heavy atom. The number of carboxylic acid groups (broad SMARTS) is 1. The summed E-state index contributed by atoms with van der Waals surface area (Å²) in [4.78, 5) is 14.1. The van der Waals surface area contributed by atoms with Crippen LogP contribution in [0.15, 0.2) is 17.2 Å². The minimum Gasteiger partial charge on any atom is -0.476 e. The molecule has 5 heteroatoms. The molecule has 1 aromatic heterocycles. The fourth-order valence-corrected chi connectivity index (χ4v) is 1.37. The van der Waals surface area contributed by atoms with Gasteiger partial charge in [-0.05, 0) is 12.3 Å². The molecule has 0 fully saturated rings. The zero-order valence-electron chi connectivity index (χ0n) is 6.24. The zero-order valence-corrected chi connectivity index (χ0v) is 7.06. The van der Waals surface area contributed by atoms with Crippen LogP contribution in [0.3, 0.4) is 0 Å². The van der Waals surface area contributed by atoms with Crippen LogP contribution >= 0.6 is 11.8 Å². The molecule has 3 nitrogen and oxygen atoms in total. The van der Waals surface area contributed by atoms with Crippen LogP contribution in [0.2, 0.25) is 0 Å². The number of pyridine rings is 1. The topological polar surface area (TPSA) is 50.2 Å². The summed E-state index contributed by atoms with van der Waals surface area (Å²) in [6.07, 6.45) is 2.74. The van der Waals surface area contributed by atoms with Gasteiger partial charge in [0.1, 0.15) is 5.82 Å². The fourth-order valence-electron chi connectivity index (χ4n) is 0.771. The Balaban J connectivity index is 3.27. The van der Waals surface area contributed by atoms with E-state index in [1.54, 1.807) is 6.26 Å². The third kappa shape index (κ3) is 1.55. The van der Waals surface area contributed by atoms with Crippen LogP contribution in [0.1, 0.15) is 10.5 Å². The maximum Gasteiger partial charge on any atom is 0.355 e. The zero-order chi connectivity index (χ0) is 9.14. The molecule has 0 atom stereocenters. The van der Waals surface area contributed by atoms with E-state index >= 15 is 0 Å². The van der Waals surface area contributed by atoms with E-state index in [-0.39, 0.29) is 10.6 Å². The van der Waals surface area contributed by atoms with Crippen LogP contribution in [0, 0.1) is 5.82 Å². The molecule has 0 amide bonds. The number of nitrogens with zero attached hydrogens (tertiary/aromatic N) is 1. The molecule has 1 heterocycles. The molecule has 64 valence electrons. The molecule has 1 aromatic rings. The summed E-state index contributed by atoms with van der Waals surface area (Å²) in [5.74, 6) is -1.76. The summed E-state index contributed by atoms with van der Waals surface area (Å²) in [6, 6.07) is 1.14. The molecule has 0 spiro atoms. The summed E-state index contributed by atoms with van der Waals surface area (Å²) >= 11 is 1.03. The van der Waals surface area contributed by atoms with Gasteiger partial charge in [-0.2, -0.15) is 0 Å². The fraction of sp³-hybridized carbons (Fsp3) is 0.143. The smallest absolute Gasteiger partial charge is 0.355 e. The molecule has 0 aromatic carbocycles. The highest BCUT2D eigenvalue weighted by atomic mass is 32.2. The molecule has 0 saturated heterocycles. The van der Waals surface area contributed by atoms with E-state index in [1.165, 1.54) is 0 Å². The minimum atomic E-state index is -1.21. The van der Waals surface area contributed by atoms with Gasteiger partial charge >= 0.3 is 5.97 Å². The van der Waals surface area contributed by atoms with Gasteiger partial charge in [0.2, 0.25) is 0 Å². The summed E-state index contributed by atoms with van der Waals surface area (Å²) in [5, 5.41) is 8.58. The molecule has 0 saturated carbocycles. The van der Waals surface area contributed by atoms with Crippen LogP contribution in [-0.4, -0.2) is 22.3 Å². The third-order valence-electron chi connectivity index (χ3n) is 1.26. The predicted molar refractivity (Wildman–Crippen MR) is 42.9 cm³/mol. The first-order valence-electron chi connectivity index (χ1n) is 3.08. The van der Waals surface area contributed by atoms with Crippen molar-refractivity contribution in [3.8, 4) is 0 Å². The first-order valence-corrected chi connectivity index (χ1v) is 4.31. The van der Waals surface area contributed by atoms with Gasteiger partial charge in [0.05, 0.1) is 4.90 Å². The van der Waals surface area contributed by atoms with E-state index in [9.17, 15) is 9.18 Å². The number of aromatic carboxylic acids is 1. The Kier molecular flexibility index (Phi) is 2.65. The standard InChI is InChI=1S/C7H6FNO2S/c1-12-6-4(8)2-3-9-5(6)7(10)11/h2-3H,1H3,(H,10,11). The third-order valence-corrected chi connectivity index (χ3v) is 2.06. The second-order valence-electron chi connectivity index (χ2n) is 1.98. The van der Waals surface area contributed by atoms with Gasteiger partial charge in [-0.1, -0.05) is 0 Å². The molecule has 12 heavy (non-hydrogen) atoms. The largest absolute Gasteiger partial charge is 0.476 e. The van der Waals surface area contributed by atoms with E-state index in [2.05, 4.69) is 4.98 Å². The van der Waals surface area contributed by atoms with Gasteiger partial charge in [-0.3, -0.25) is 0 Å². The lowest BCUT2D eigenvalue weighted by atomic mass is 10.3. The number of hydrogen-bond donors (Lipinski definition) is 1. The first-order chi connectivity index (χ1) is 5.66. The van der Waals surface area contributed by atoms with Crippen LogP contribution in [-0.2, 0) is 0 Å². The molecule has 0 bridgehead atoms. The molecule has 0 unspecified atom stereocenters. The van der Waals surface area contributed by atoms with Crippen molar-refractivity contribution >= 4 is 17.7 Å². The number of thioether (sulfide) groups is 1. The number of rotatable bonds is 2. The molecule has 0 aliphatic carbocycles. The van der Waals surface area contributed by atoms with E-state index in [0.29, 0.717) is 0 Å². The molecule has 1 N–H and O–H groups in total. The first kappa shape index (κ1) is 8.99. The van der Waals surface area contributed by atoms with Crippen LogP contribution in [0.25, 0.3) is 0 Å². The summed E-state index contributed by atoms with van der Waals surface area (Å²) in [5.41, 5.74) is -0.234. The number of aromatic nitrogens is 1. The highest BCUT2D eigenvalue weighted by molar-refractivity contribution is 7.98. The molecule has 0 radical (unpaired) electrons. The summed E-state index contributed by atoms with van der Waals surface area (Å²) in [6.45, 7) is 0. The highest BCUT2D eigenvalue weighted by Crippen LogP contribution is 2.21. The van der Waals surface area contributed by atoms with Crippen molar-refractivity contribution in [3.05, 3.63) is 23.8 Å². The lowest BCUT2D eigenvalue weighted by molar-refractivity contribution is 0.0685. The average molecular weight is 187 g/mol. The van der Waals surface area contributed by atoms with Crippen LogP contribution in [0.4, 0.5) is 4.39 Å². The van der Waals surface area contributed by atoms with Gasteiger partial charge in [0.25, 0.3) is 0 Å². The second-order valence-corrected chi connectivity index (χ2v) is 2.80. The number of carboxylic acids is 1. The van der Waals surface area contributed by atoms with Crippen molar-refractivity contribution in [1.29, 1.82) is 0 Å². The van der Waals surface area contributed by atoms with E-state index < -0.39 is 11.8 Å². The Morgan fingerprint density at radius 2 is 2.42 bits per heavy atom. The van der Waals surface area contributed by atoms with Gasteiger partial charge in [0, 0.05) is 6.20 Å². The molecular formula is C7H6FNO2S. The normalized spacial score (nSPS) is 9.83. The number of hydrogen-bond acceptors (Lipinski definition) is 3. The lowest BCUT2D eigenvalue weighted by Gasteiger charge is -2.01. The average Bonchev–Trinajstić information content (AvgIpc) is 2.03. The molecular weight excluding hydrogens is 181 g/mol. The van der Waals surface area contributed by atoms with E-state index in [1.807, 2.05) is 0 Å². The van der Waals surface area contributed by atoms with Gasteiger partial charge in [-0.15, -0.1) is 11.8 Å². The minimum absolute atomic E-state index is 0.0741. The Morgan fingerprint density at radius 1 is 1.75 bits per heavy atom. The summed E-state index contributed by atoms with van der Waals surface area (Å²) in [7, 11) is 0. The monoisotopic (exact) mass is 187 g/mol. The van der Waals surface area contributed by atoms with E-state index in [4.69, 9.17) is 5.11 Å². The van der Waals surface area contributed by atoms with Gasteiger partial charge in [-0.25, -0.2) is 14.2 Å². The van der Waals surface area contributed by atoms with Crippen molar-refractivity contribution in [2.75, 3.05) is 6.26 Å². The van der Waals surface area contributed by atoms with E-state index in [0.717, 1.165) is 24.0 Å². The number of carbonyl (C=O) groups is 1. The Hall–Kier alpha value is -1.10. The summed E-state index contributed by atoms with van der Waals surface area (Å²) < 4.78 is 12.9. The maximum atomic E-state index is 12.9. The predicted octanol–water partition coefficient (Wildman–Crippen LogP) is 1.64. The van der Waals surface area contributed by atoms with Crippen molar-refractivity contribution in [2.24, 2.45) is 0 Å². The molecule has 1 rings (SSSR count). The second kappa shape index (κ2) is 3.53. The van der Waals surface area contributed by atoms with Crippen molar-refractivity contribution in [2.45, 2.75) is 4.90 Å². The highest BCUT2D eigenvalue weighted by Gasteiger charge is 2.14. The quantitative estimate of drug-likeness (QED) is 0.715. The Bertz CT molecular complexity index is 316. The Labute approximate surface area is 72.6 Å². The van der Waals surface area contributed by atoms with Crippen LogP contribution in [0.5, 0.6) is 0 Å². The van der Waals surface area contributed by atoms with Gasteiger partial charge < -0.3 is 5.11 Å². The van der Waals surface area contributed by atoms with Crippen molar-refractivity contribution in [1.82, 2.24) is 4.98 Å². The number of halogens is 1. The van der Waals surface area contributed by atoms with Gasteiger partial charge in [0.15, 0.2) is 5.69 Å². The SMILES string of the molecule is CSc1c(F)ccnc1C(=O)O. The van der Waals surface area contributed by atoms with Crippen molar-refractivity contribution in [3.63, 3.8) is 0 Å². The van der Waals surface area contributed by atoms with Crippen molar-refractivity contribution < 1.29 is 14.3 Å². The molecule has 0 aliphatic heterocycles.